The summed E-state index contributed by atoms with van der Waals surface area (Å²) in [5.74, 6) is -0.623. The second-order valence-electron chi connectivity index (χ2n) is 5.22. The summed E-state index contributed by atoms with van der Waals surface area (Å²) in [6.07, 6.45) is 0.658. The molecule has 0 radical (unpaired) electrons. The van der Waals surface area contributed by atoms with Crippen molar-refractivity contribution in [2.24, 2.45) is 0 Å². The van der Waals surface area contributed by atoms with Crippen LogP contribution in [0.5, 0.6) is 0 Å². The van der Waals surface area contributed by atoms with Crippen molar-refractivity contribution >= 4 is 40.8 Å². The van der Waals surface area contributed by atoms with Crippen molar-refractivity contribution in [2.45, 2.75) is 19.8 Å². The lowest BCUT2D eigenvalue weighted by molar-refractivity contribution is -0.116. The number of halogens is 2. The molecule has 2 aromatic carbocycles. The van der Waals surface area contributed by atoms with E-state index in [9.17, 15) is 9.59 Å². The molecule has 126 valence electrons. The largest absolute Gasteiger partial charge is 0.465 e. The number of anilines is 1. The third-order valence-electron chi connectivity index (χ3n) is 3.68. The van der Waals surface area contributed by atoms with Gasteiger partial charge in [0.2, 0.25) is 5.91 Å². The highest BCUT2D eigenvalue weighted by molar-refractivity contribution is 6.36. The predicted octanol–water partition coefficient (Wildman–Crippen LogP) is 4.66. The molecule has 1 amide bonds. The Morgan fingerprint density at radius 2 is 1.71 bits per heavy atom. The van der Waals surface area contributed by atoms with Crippen LogP contribution in [0.1, 0.15) is 27.9 Å². The second-order valence-corrected chi connectivity index (χ2v) is 6.03. The number of nitrogens with one attached hydrogen (secondary N) is 1. The van der Waals surface area contributed by atoms with Gasteiger partial charge in [0.15, 0.2) is 0 Å². The lowest BCUT2D eigenvalue weighted by atomic mass is 10.1. The Bertz CT molecular complexity index is 755. The standard InChI is InChI=1S/C18H17Cl2NO3/c1-11-12(18(23)24-2)5-3-8-16(11)21-17(22)10-9-13-14(19)6-4-7-15(13)20/h3-8H,9-10H2,1-2H3,(H,21,22). The minimum Gasteiger partial charge on any atom is -0.465 e. The molecule has 0 aliphatic rings. The third-order valence-corrected chi connectivity index (χ3v) is 4.39. The first-order chi connectivity index (χ1) is 11.4. The van der Waals surface area contributed by atoms with E-state index in [0.717, 1.165) is 5.56 Å². The smallest absolute Gasteiger partial charge is 0.338 e. The van der Waals surface area contributed by atoms with Gasteiger partial charge < -0.3 is 10.1 Å². The summed E-state index contributed by atoms with van der Waals surface area (Å²) in [5.41, 5.74) is 2.40. The van der Waals surface area contributed by atoms with Crippen molar-refractivity contribution in [1.82, 2.24) is 0 Å². The van der Waals surface area contributed by atoms with Crippen LogP contribution in [-0.2, 0) is 16.0 Å². The highest BCUT2D eigenvalue weighted by Gasteiger charge is 2.14. The van der Waals surface area contributed by atoms with Crippen LogP contribution < -0.4 is 5.32 Å². The highest BCUT2D eigenvalue weighted by atomic mass is 35.5. The Hall–Kier alpha value is -2.04. The average Bonchev–Trinajstić information content (AvgIpc) is 2.55. The zero-order chi connectivity index (χ0) is 17.7. The van der Waals surface area contributed by atoms with Crippen LogP contribution in [-0.4, -0.2) is 19.0 Å². The quantitative estimate of drug-likeness (QED) is 0.783. The molecule has 0 saturated heterocycles. The molecule has 4 nitrogen and oxygen atoms in total. The number of methoxy groups -OCH3 is 1. The van der Waals surface area contributed by atoms with Gasteiger partial charge in [0.25, 0.3) is 0 Å². The molecule has 0 heterocycles. The third kappa shape index (κ3) is 4.28. The van der Waals surface area contributed by atoms with Crippen molar-refractivity contribution in [3.8, 4) is 0 Å². The summed E-state index contributed by atoms with van der Waals surface area (Å²) in [6, 6.07) is 10.3. The normalized spacial score (nSPS) is 10.3. The number of esters is 1. The fourth-order valence-electron chi connectivity index (χ4n) is 2.32. The Labute approximate surface area is 150 Å². The van der Waals surface area contributed by atoms with Gasteiger partial charge in [-0.2, -0.15) is 0 Å². The summed E-state index contributed by atoms with van der Waals surface area (Å²) in [5, 5.41) is 3.89. The lowest BCUT2D eigenvalue weighted by Crippen LogP contribution is -2.15. The van der Waals surface area contributed by atoms with Gasteiger partial charge in [-0.05, 0) is 48.7 Å². The minimum atomic E-state index is -0.438. The van der Waals surface area contributed by atoms with Gasteiger partial charge in [0.1, 0.15) is 0 Å². The van der Waals surface area contributed by atoms with E-state index >= 15 is 0 Å². The Morgan fingerprint density at radius 1 is 1.08 bits per heavy atom. The first-order valence-electron chi connectivity index (χ1n) is 7.34. The zero-order valence-electron chi connectivity index (χ0n) is 13.4. The number of amides is 1. The lowest BCUT2D eigenvalue weighted by Gasteiger charge is -2.12. The molecule has 0 spiro atoms. The Morgan fingerprint density at radius 3 is 2.33 bits per heavy atom. The molecule has 1 N–H and O–H groups in total. The van der Waals surface area contributed by atoms with Gasteiger partial charge in [0.05, 0.1) is 12.7 Å². The van der Waals surface area contributed by atoms with Crippen LogP contribution in [0.25, 0.3) is 0 Å². The van der Waals surface area contributed by atoms with Gasteiger partial charge in [0, 0.05) is 22.2 Å². The fraction of sp³-hybridized carbons (Fsp3) is 0.222. The molecule has 6 heteroatoms. The van der Waals surface area contributed by atoms with Crippen molar-refractivity contribution in [2.75, 3.05) is 12.4 Å². The minimum absolute atomic E-state index is 0.184. The van der Waals surface area contributed by atoms with Crippen molar-refractivity contribution in [1.29, 1.82) is 0 Å². The maximum Gasteiger partial charge on any atom is 0.338 e. The van der Waals surface area contributed by atoms with E-state index in [4.69, 9.17) is 27.9 Å². The van der Waals surface area contributed by atoms with Gasteiger partial charge >= 0.3 is 5.97 Å². The monoisotopic (exact) mass is 365 g/mol. The first-order valence-corrected chi connectivity index (χ1v) is 8.10. The van der Waals surface area contributed by atoms with Crippen molar-refractivity contribution in [3.05, 3.63) is 63.1 Å². The molecule has 24 heavy (non-hydrogen) atoms. The Kier molecular flexibility index (Phi) is 6.23. The van der Waals surface area contributed by atoms with Gasteiger partial charge in [-0.15, -0.1) is 0 Å². The van der Waals surface area contributed by atoms with E-state index in [1.165, 1.54) is 7.11 Å². The van der Waals surface area contributed by atoms with E-state index in [-0.39, 0.29) is 12.3 Å². The molecule has 0 atom stereocenters. The van der Waals surface area contributed by atoms with Crippen LogP contribution in [0.3, 0.4) is 0 Å². The van der Waals surface area contributed by atoms with E-state index in [1.807, 2.05) is 0 Å². The fourth-order valence-corrected chi connectivity index (χ4v) is 2.91. The van der Waals surface area contributed by atoms with E-state index in [2.05, 4.69) is 5.32 Å². The number of rotatable bonds is 5. The van der Waals surface area contributed by atoms with E-state index in [1.54, 1.807) is 43.3 Å². The summed E-state index contributed by atoms with van der Waals surface area (Å²) in [4.78, 5) is 23.9. The number of benzene rings is 2. The Balaban J connectivity index is 2.07. The first kappa shape index (κ1) is 18.3. The maximum atomic E-state index is 12.2. The number of ether oxygens (including phenoxy) is 1. The molecule has 2 rings (SSSR count). The van der Waals surface area contributed by atoms with Gasteiger partial charge in [-0.3, -0.25) is 4.79 Å². The number of carbonyl (C=O) groups is 2. The number of carbonyl (C=O) groups excluding carboxylic acids is 2. The van der Waals surface area contributed by atoms with Crippen LogP contribution in [0.15, 0.2) is 36.4 Å². The topological polar surface area (TPSA) is 55.4 Å². The average molecular weight is 366 g/mol. The molecule has 0 aromatic heterocycles. The summed E-state index contributed by atoms with van der Waals surface area (Å²) in [6.45, 7) is 1.76. The maximum absolute atomic E-state index is 12.2. The summed E-state index contributed by atoms with van der Waals surface area (Å²) in [7, 11) is 1.32. The number of hydrogen-bond acceptors (Lipinski definition) is 3. The second kappa shape index (κ2) is 8.18. The van der Waals surface area contributed by atoms with Gasteiger partial charge in [-0.1, -0.05) is 35.3 Å². The van der Waals surface area contributed by atoms with Crippen LogP contribution in [0, 0.1) is 6.92 Å². The molecular weight excluding hydrogens is 349 g/mol. The summed E-state index contributed by atoms with van der Waals surface area (Å²) < 4.78 is 4.73. The number of hydrogen-bond donors (Lipinski definition) is 1. The highest BCUT2D eigenvalue weighted by Crippen LogP contribution is 2.26. The molecule has 0 bridgehead atoms. The SMILES string of the molecule is COC(=O)c1cccc(NC(=O)CCc2c(Cl)cccc2Cl)c1C. The van der Waals surface area contributed by atoms with Gasteiger partial charge in [-0.25, -0.2) is 4.79 Å². The molecule has 0 unspecified atom stereocenters. The van der Waals surface area contributed by atoms with E-state index in [0.29, 0.717) is 33.3 Å². The van der Waals surface area contributed by atoms with Crippen molar-refractivity contribution in [3.63, 3.8) is 0 Å². The van der Waals surface area contributed by atoms with E-state index < -0.39 is 5.97 Å². The zero-order valence-corrected chi connectivity index (χ0v) is 14.9. The molecule has 2 aromatic rings. The van der Waals surface area contributed by atoms with Crippen LogP contribution >= 0.6 is 23.2 Å². The molecule has 0 aliphatic carbocycles. The van der Waals surface area contributed by atoms with Crippen LogP contribution in [0.2, 0.25) is 10.0 Å². The molecule has 0 fully saturated rings. The summed E-state index contributed by atoms with van der Waals surface area (Å²) >= 11 is 12.2. The molecule has 0 saturated carbocycles. The molecule has 0 aliphatic heterocycles. The molecular formula is C18H17Cl2NO3. The van der Waals surface area contributed by atoms with Crippen molar-refractivity contribution < 1.29 is 14.3 Å². The predicted molar refractivity (Wildman–Crippen MR) is 95.9 cm³/mol. The van der Waals surface area contributed by atoms with Crippen LogP contribution in [0.4, 0.5) is 5.69 Å².